The third kappa shape index (κ3) is 4.30. The van der Waals surface area contributed by atoms with Crippen molar-refractivity contribution in [3.63, 3.8) is 0 Å². The minimum atomic E-state index is 0.501. The van der Waals surface area contributed by atoms with Gasteiger partial charge in [0.05, 0.1) is 6.61 Å². The molecular formula is C16H24BrNO. The Kier molecular flexibility index (Phi) is 5.86. The zero-order valence-corrected chi connectivity index (χ0v) is 13.5. The average Bonchev–Trinajstić information content (AvgIpc) is 2.78. The van der Waals surface area contributed by atoms with Crippen molar-refractivity contribution in [2.45, 2.75) is 39.2 Å². The summed E-state index contributed by atoms with van der Waals surface area (Å²) in [6.07, 6.45) is 3.52. The second kappa shape index (κ2) is 7.41. The van der Waals surface area contributed by atoms with Gasteiger partial charge in [-0.1, -0.05) is 41.9 Å². The predicted molar refractivity (Wildman–Crippen MR) is 83.5 cm³/mol. The molecule has 0 aromatic heterocycles. The number of nitrogens with one attached hydrogen (secondary N) is 1. The molecular weight excluding hydrogens is 302 g/mol. The number of benzene rings is 1. The van der Waals surface area contributed by atoms with Crippen LogP contribution in [0.1, 0.15) is 43.9 Å². The van der Waals surface area contributed by atoms with Crippen molar-refractivity contribution in [1.29, 1.82) is 0 Å². The largest absolute Gasteiger partial charge is 0.380 e. The summed E-state index contributed by atoms with van der Waals surface area (Å²) in [6.45, 7) is 7.09. The maximum absolute atomic E-state index is 5.64. The maximum Gasteiger partial charge on any atom is 0.0591 e. The zero-order chi connectivity index (χ0) is 13.7. The van der Waals surface area contributed by atoms with Crippen LogP contribution in [0.5, 0.6) is 0 Å². The van der Waals surface area contributed by atoms with Gasteiger partial charge in [-0.3, -0.25) is 0 Å². The summed E-state index contributed by atoms with van der Waals surface area (Å²) in [6, 6.07) is 7.00. The van der Waals surface area contributed by atoms with Crippen LogP contribution >= 0.6 is 15.9 Å². The topological polar surface area (TPSA) is 21.3 Å². The van der Waals surface area contributed by atoms with Crippen molar-refractivity contribution in [2.24, 2.45) is 5.92 Å². The first-order valence-electron chi connectivity index (χ1n) is 7.27. The van der Waals surface area contributed by atoms with E-state index in [1.807, 2.05) is 0 Å². The molecule has 19 heavy (non-hydrogen) atoms. The van der Waals surface area contributed by atoms with Crippen molar-refractivity contribution in [3.05, 3.63) is 33.8 Å². The Bertz CT molecular complexity index is 406. The van der Waals surface area contributed by atoms with Crippen LogP contribution in [0.3, 0.4) is 0 Å². The van der Waals surface area contributed by atoms with Crippen LogP contribution in [-0.2, 0) is 11.2 Å². The van der Waals surface area contributed by atoms with E-state index in [0.29, 0.717) is 6.04 Å². The number of fused-ring (bicyclic) bond motifs is 1. The highest BCUT2D eigenvalue weighted by Crippen LogP contribution is 2.35. The van der Waals surface area contributed by atoms with Gasteiger partial charge in [-0.05, 0) is 42.4 Å². The fourth-order valence-corrected chi connectivity index (χ4v) is 3.13. The lowest BCUT2D eigenvalue weighted by Crippen LogP contribution is -2.24. The molecule has 1 aliphatic carbocycles. The average molecular weight is 326 g/mol. The Hall–Kier alpha value is -0.380. The highest BCUT2D eigenvalue weighted by molar-refractivity contribution is 9.10. The Labute approximate surface area is 125 Å². The van der Waals surface area contributed by atoms with E-state index < -0.39 is 0 Å². The van der Waals surface area contributed by atoms with Crippen LogP contribution in [0, 0.1) is 5.92 Å². The molecule has 3 heteroatoms. The van der Waals surface area contributed by atoms with Crippen molar-refractivity contribution in [1.82, 2.24) is 5.32 Å². The molecule has 1 N–H and O–H groups in total. The molecule has 1 aromatic rings. The Morgan fingerprint density at radius 1 is 1.37 bits per heavy atom. The van der Waals surface area contributed by atoms with E-state index in [9.17, 15) is 0 Å². The van der Waals surface area contributed by atoms with Gasteiger partial charge < -0.3 is 10.1 Å². The lowest BCUT2D eigenvalue weighted by molar-refractivity contribution is 0.123. The van der Waals surface area contributed by atoms with Crippen LogP contribution in [0.4, 0.5) is 0 Å². The molecule has 0 saturated carbocycles. The van der Waals surface area contributed by atoms with Gasteiger partial charge in [-0.25, -0.2) is 0 Å². The summed E-state index contributed by atoms with van der Waals surface area (Å²) in [5.74, 6) is 0.729. The van der Waals surface area contributed by atoms with Crippen LogP contribution in [0.15, 0.2) is 22.7 Å². The first-order valence-corrected chi connectivity index (χ1v) is 8.06. The number of ether oxygens (including phenoxy) is 1. The third-order valence-corrected chi connectivity index (χ3v) is 4.43. The second-order valence-electron chi connectivity index (χ2n) is 5.65. The first-order chi connectivity index (χ1) is 9.18. The molecule has 0 aliphatic heterocycles. The van der Waals surface area contributed by atoms with Gasteiger partial charge in [0, 0.05) is 23.7 Å². The fraction of sp³-hybridized carbons (Fsp3) is 0.625. The molecule has 106 valence electrons. The number of halogens is 1. The Morgan fingerprint density at radius 3 is 3.00 bits per heavy atom. The first kappa shape index (κ1) is 15.0. The maximum atomic E-state index is 5.64. The number of hydrogen-bond acceptors (Lipinski definition) is 2. The fourth-order valence-electron chi connectivity index (χ4n) is 2.55. The van der Waals surface area contributed by atoms with E-state index in [2.05, 4.69) is 53.3 Å². The highest BCUT2D eigenvalue weighted by atomic mass is 79.9. The van der Waals surface area contributed by atoms with E-state index in [0.717, 1.165) is 32.1 Å². The van der Waals surface area contributed by atoms with Gasteiger partial charge in [0.1, 0.15) is 0 Å². The second-order valence-corrected chi connectivity index (χ2v) is 6.50. The van der Waals surface area contributed by atoms with Gasteiger partial charge in [-0.15, -0.1) is 0 Å². The summed E-state index contributed by atoms with van der Waals surface area (Å²) in [7, 11) is 0. The van der Waals surface area contributed by atoms with E-state index >= 15 is 0 Å². The minimum Gasteiger partial charge on any atom is -0.380 e. The smallest absolute Gasteiger partial charge is 0.0591 e. The van der Waals surface area contributed by atoms with E-state index in [1.165, 1.54) is 28.4 Å². The summed E-state index contributed by atoms with van der Waals surface area (Å²) in [5.41, 5.74) is 2.93. The van der Waals surface area contributed by atoms with Gasteiger partial charge >= 0.3 is 0 Å². The molecule has 0 fully saturated rings. The molecule has 0 saturated heterocycles. The van der Waals surface area contributed by atoms with Gasteiger partial charge in [0.15, 0.2) is 0 Å². The molecule has 0 bridgehead atoms. The quantitative estimate of drug-likeness (QED) is 0.762. The molecule has 1 aliphatic rings. The molecule has 0 amide bonds. The summed E-state index contributed by atoms with van der Waals surface area (Å²) >= 11 is 3.64. The van der Waals surface area contributed by atoms with Crippen LogP contribution in [0.2, 0.25) is 0 Å². The van der Waals surface area contributed by atoms with E-state index in [1.54, 1.807) is 0 Å². The minimum absolute atomic E-state index is 0.501. The molecule has 1 atom stereocenters. The monoisotopic (exact) mass is 325 g/mol. The van der Waals surface area contributed by atoms with Crippen LogP contribution < -0.4 is 5.32 Å². The summed E-state index contributed by atoms with van der Waals surface area (Å²) in [4.78, 5) is 0. The number of hydrogen-bond donors (Lipinski definition) is 1. The summed E-state index contributed by atoms with van der Waals surface area (Å²) in [5, 5.41) is 3.61. The lowest BCUT2D eigenvalue weighted by Gasteiger charge is -2.14. The molecule has 0 radical (unpaired) electrons. The van der Waals surface area contributed by atoms with E-state index in [-0.39, 0.29) is 0 Å². The van der Waals surface area contributed by atoms with Crippen molar-refractivity contribution < 1.29 is 4.74 Å². The normalized spacial score (nSPS) is 18.0. The number of rotatable bonds is 7. The molecule has 0 spiro atoms. The SMILES string of the molecule is CC(C)CCOCCNC1CCc2c(Br)cccc21. The summed E-state index contributed by atoms with van der Waals surface area (Å²) < 4.78 is 6.90. The van der Waals surface area contributed by atoms with Crippen LogP contribution in [-0.4, -0.2) is 19.8 Å². The van der Waals surface area contributed by atoms with Crippen LogP contribution in [0.25, 0.3) is 0 Å². The highest BCUT2D eigenvalue weighted by Gasteiger charge is 2.22. The molecule has 1 aromatic carbocycles. The predicted octanol–water partition coefficient (Wildman–Crippen LogP) is 4.09. The van der Waals surface area contributed by atoms with Gasteiger partial charge in [0.2, 0.25) is 0 Å². The van der Waals surface area contributed by atoms with Crippen molar-refractivity contribution in [2.75, 3.05) is 19.8 Å². The lowest BCUT2D eigenvalue weighted by atomic mass is 10.1. The van der Waals surface area contributed by atoms with Gasteiger partial charge in [-0.2, -0.15) is 0 Å². The van der Waals surface area contributed by atoms with Crippen molar-refractivity contribution in [3.8, 4) is 0 Å². The Morgan fingerprint density at radius 2 is 2.21 bits per heavy atom. The standard InChI is InChI=1S/C16H24BrNO/c1-12(2)8-10-19-11-9-18-16-7-6-13-14(16)4-3-5-15(13)17/h3-5,12,16,18H,6-11H2,1-2H3. The van der Waals surface area contributed by atoms with Gasteiger partial charge in [0.25, 0.3) is 0 Å². The molecule has 0 heterocycles. The third-order valence-electron chi connectivity index (χ3n) is 3.69. The van der Waals surface area contributed by atoms with E-state index in [4.69, 9.17) is 4.74 Å². The zero-order valence-electron chi connectivity index (χ0n) is 11.9. The van der Waals surface area contributed by atoms with Crippen molar-refractivity contribution >= 4 is 15.9 Å². The molecule has 2 nitrogen and oxygen atoms in total. The molecule has 1 unspecified atom stereocenters. The molecule has 2 rings (SSSR count). The Balaban J connectivity index is 1.70.